The van der Waals surface area contributed by atoms with Gasteiger partial charge < -0.3 is 9.47 Å². The van der Waals surface area contributed by atoms with E-state index in [1.54, 1.807) is 11.3 Å². The van der Waals surface area contributed by atoms with Gasteiger partial charge in [-0.15, -0.1) is 10.2 Å². The van der Waals surface area contributed by atoms with Crippen molar-refractivity contribution in [1.29, 1.82) is 0 Å². The summed E-state index contributed by atoms with van der Waals surface area (Å²) in [5, 5.41) is 15.2. The van der Waals surface area contributed by atoms with Gasteiger partial charge in [0.1, 0.15) is 11.6 Å². The zero-order valence-corrected chi connectivity index (χ0v) is 16.4. The van der Waals surface area contributed by atoms with Crippen LogP contribution in [0.1, 0.15) is 55.5 Å². The lowest BCUT2D eigenvalue weighted by Gasteiger charge is -2.55. The smallest absolute Gasteiger partial charge is 0.234 e. The minimum absolute atomic E-state index is 0.281. The van der Waals surface area contributed by atoms with Crippen LogP contribution < -0.4 is 9.47 Å². The number of hydrogen-bond acceptors (Lipinski definition) is 6. The predicted molar refractivity (Wildman–Crippen MR) is 104 cm³/mol. The molecule has 0 radical (unpaired) electrons. The molecule has 0 saturated heterocycles. The summed E-state index contributed by atoms with van der Waals surface area (Å²) in [7, 11) is 0. The summed E-state index contributed by atoms with van der Waals surface area (Å²) < 4.78 is 14.0. The predicted octanol–water partition coefficient (Wildman–Crippen LogP) is 4.17. The highest BCUT2D eigenvalue weighted by molar-refractivity contribution is 7.16. The topological polar surface area (TPSA) is 61.5 Å². The molecule has 28 heavy (non-hydrogen) atoms. The molecule has 1 aromatic carbocycles. The van der Waals surface area contributed by atoms with E-state index in [9.17, 15) is 0 Å². The quantitative estimate of drug-likeness (QED) is 0.653. The van der Waals surface area contributed by atoms with Crippen molar-refractivity contribution in [2.45, 2.75) is 50.0 Å². The summed E-state index contributed by atoms with van der Waals surface area (Å²) in [4.78, 5) is 0.878. The van der Waals surface area contributed by atoms with Crippen molar-refractivity contribution in [3.05, 3.63) is 35.1 Å². The van der Waals surface area contributed by atoms with Crippen molar-refractivity contribution in [3.8, 4) is 11.5 Å². The zero-order valence-electron chi connectivity index (χ0n) is 15.6. The number of nitrogens with zero attached hydrogens (tertiary/aromatic N) is 4. The first-order valence-electron chi connectivity index (χ1n) is 10.4. The second-order valence-electron chi connectivity index (χ2n) is 9.22. The van der Waals surface area contributed by atoms with E-state index >= 15 is 0 Å². The molecule has 5 aliphatic rings. The van der Waals surface area contributed by atoms with Crippen LogP contribution in [0.15, 0.2) is 24.3 Å². The summed E-state index contributed by atoms with van der Waals surface area (Å²) in [6.07, 6.45) is 8.00. The average molecular weight is 395 g/mol. The third-order valence-electron chi connectivity index (χ3n) is 7.30. The number of benzene rings is 1. The molecule has 1 atom stereocenters. The SMILES string of the molecule is c1ccc2c(c1)OC[C@H](c1nnc3sc(C45CC6CC(CC(C6)C4)C5)nn13)O2. The van der Waals surface area contributed by atoms with E-state index in [1.165, 1.54) is 43.5 Å². The van der Waals surface area contributed by atoms with Gasteiger partial charge in [0.15, 0.2) is 23.4 Å². The average Bonchev–Trinajstić information content (AvgIpc) is 3.28. The third kappa shape index (κ3) is 2.16. The second-order valence-corrected chi connectivity index (χ2v) is 10.2. The molecule has 6 nitrogen and oxygen atoms in total. The number of para-hydroxylation sites is 2. The monoisotopic (exact) mass is 394 g/mol. The molecule has 144 valence electrons. The van der Waals surface area contributed by atoms with E-state index in [1.807, 2.05) is 28.8 Å². The van der Waals surface area contributed by atoms with Gasteiger partial charge in [0.05, 0.1) is 0 Å². The minimum atomic E-state index is -0.281. The lowest BCUT2D eigenvalue weighted by atomic mass is 9.50. The Bertz CT molecular complexity index is 1040. The third-order valence-corrected chi connectivity index (χ3v) is 8.45. The molecule has 4 fully saturated rings. The standard InChI is InChI=1S/C21H22N4O2S/c1-2-4-16-15(3-1)26-11-17(27-16)18-22-23-20-25(18)24-19(28-20)21-8-12-5-13(9-21)7-14(6-12)10-21/h1-4,12-14,17H,5-11H2/t12?,13?,14?,17-,21?/m1/s1. The molecule has 1 aliphatic heterocycles. The molecule has 0 N–H and O–H groups in total. The van der Waals surface area contributed by atoms with Gasteiger partial charge in [0, 0.05) is 5.41 Å². The normalized spacial score (nSPS) is 35.6. The number of ether oxygens (including phenoxy) is 2. The Morgan fingerprint density at radius 2 is 1.68 bits per heavy atom. The number of fused-ring (bicyclic) bond motifs is 2. The van der Waals surface area contributed by atoms with Gasteiger partial charge in [-0.3, -0.25) is 0 Å². The molecule has 4 saturated carbocycles. The number of aromatic nitrogens is 4. The van der Waals surface area contributed by atoms with E-state index < -0.39 is 0 Å². The van der Waals surface area contributed by atoms with Gasteiger partial charge >= 0.3 is 0 Å². The van der Waals surface area contributed by atoms with Crippen LogP contribution in [-0.2, 0) is 5.41 Å². The molecule has 0 spiro atoms. The van der Waals surface area contributed by atoms with Crippen LogP contribution in [-0.4, -0.2) is 26.4 Å². The summed E-state index contributed by atoms with van der Waals surface area (Å²) in [6, 6.07) is 7.77. The lowest BCUT2D eigenvalue weighted by molar-refractivity contribution is -0.00574. The minimum Gasteiger partial charge on any atom is -0.485 e. The highest BCUT2D eigenvalue weighted by Crippen LogP contribution is 2.61. The maximum atomic E-state index is 6.16. The molecule has 4 aliphatic carbocycles. The largest absolute Gasteiger partial charge is 0.485 e. The van der Waals surface area contributed by atoms with Gasteiger partial charge in [0.2, 0.25) is 4.96 Å². The Morgan fingerprint density at radius 1 is 0.964 bits per heavy atom. The zero-order chi connectivity index (χ0) is 18.3. The summed E-state index contributed by atoms with van der Waals surface area (Å²) in [6.45, 7) is 0.433. The maximum absolute atomic E-state index is 6.16. The first kappa shape index (κ1) is 15.7. The van der Waals surface area contributed by atoms with E-state index in [2.05, 4.69) is 10.2 Å². The van der Waals surface area contributed by atoms with E-state index in [-0.39, 0.29) is 11.5 Å². The van der Waals surface area contributed by atoms with E-state index in [0.29, 0.717) is 6.61 Å². The number of hydrogen-bond donors (Lipinski definition) is 0. The highest BCUT2D eigenvalue weighted by atomic mass is 32.1. The first-order chi connectivity index (χ1) is 13.8. The Kier molecular flexibility index (Phi) is 3.07. The number of rotatable bonds is 2. The lowest BCUT2D eigenvalue weighted by Crippen LogP contribution is -2.48. The van der Waals surface area contributed by atoms with Crippen LogP contribution in [0.25, 0.3) is 4.96 Å². The fraction of sp³-hybridized carbons (Fsp3) is 0.571. The van der Waals surface area contributed by atoms with Crippen molar-refractivity contribution in [2.24, 2.45) is 17.8 Å². The van der Waals surface area contributed by atoms with Gasteiger partial charge in [-0.1, -0.05) is 23.5 Å². The second kappa shape index (κ2) is 5.47. The van der Waals surface area contributed by atoms with Crippen molar-refractivity contribution in [3.63, 3.8) is 0 Å². The van der Waals surface area contributed by atoms with Gasteiger partial charge in [0.25, 0.3) is 0 Å². The molecule has 3 heterocycles. The molecule has 7 heteroatoms. The van der Waals surface area contributed by atoms with Crippen LogP contribution in [0, 0.1) is 17.8 Å². The van der Waals surface area contributed by atoms with Crippen molar-refractivity contribution in [2.75, 3.05) is 6.61 Å². The Labute approximate surface area is 166 Å². The molecule has 0 amide bonds. The van der Waals surface area contributed by atoms with Gasteiger partial charge in [-0.05, 0) is 68.4 Å². The van der Waals surface area contributed by atoms with Gasteiger partial charge in [-0.2, -0.15) is 9.61 Å². The molecule has 3 aromatic rings. The van der Waals surface area contributed by atoms with Crippen LogP contribution in [0.2, 0.25) is 0 Å². The highest BCUT2D eigenvalue weighted by Gasteiger charge is 2.53. The van der Waals surface area contributed by atoms with E-state index in [0.717, 1.165) is 40.0 Å². The van der Waals surface area contributed by atoms with Gasteiger partial charge in [-0.25, -0.2) is 0 Å². The fourth-order valence-electron chi connectivity index (χ4n) is 6.57. The molecular formula is C21H22N4O2S. The Hall–Kier alpha value is -2.15. The summed E-state index contributed by atoms with van der Waals surface area (Å²) in [5.74, 6) is 5.01. The van der Waals surface area contributed by atoms with Crippen molar-refractivity contribution >= 4 is 16.3 Å². The van der Waals surface area contributed by atoms with Crippen LogP contribution in [0.3, 0.4) is 0 Å². The van der Waals surface area contributed by atoms with Crippen molar-refractivity contribution < 1.29 is 9.47 Å². The molecule has 0 unspecified atom stereocenters. The van der Waals surface area contributed by atoms with E-state index in [4.69, 9.17) is 14.6 Å². The molecule has 2 aromatic heterocycles. The van der Waals surface area contributed by atoms with Crippen LogP contribution >= 0.6 is 11.3 Å². The Morgan fingerprint density at radius 3 is 2.43 bits per heavy atom. The Balaban J connectivity index is 1.26. The fourth-order valence-corrected chi connectivity index (χ4v) is 7.63. The van der Waals surface area contributed by atoms with Crippen LogP contribution in [0.5, 0.6) is 11.5 Å². The van der Waals surface area contributed by atoms with Crippen molar-refractivity contribution in [1.82, 2.24) is 19.8 Å². The first-order valence-corrected chi connectivity index (χ1v) is 11.2. The summed E-state index contributed by atoms with van der Waals surface area (Å²) >= 11 is 1.74. The summed E-state index contributed by atoms with van der Waals surface area (Å²) in [5.41, 5.74) is 0.286. The molecule has 4 bridgehead atoms. The molecular weight excluding hydrogens is 372 g/mol. The maximum Gasteiger partial charge on any atom is 0.234 e. The molecule has 8 rings (SSSR count). The van der Waals surface area contributed by atoms with Crippen LogP contribution in [0.4, 0.5) is 0 Å².